The monoisotopic (exact) mass is 240 g/mol. The average Bonchev–Trinajstić information content (AvgIpc) is 2.17. The van der Waals surface area contributed by atoms with Crippen molar-refractivity contribution in [1.82, 2.24) is 4.90 Å². The summed E-state index contributed by atoms with van der Waals surface area (Å²) in [6.07, 6.45) is -3.48. The van der Waals surface area contributed by atoms with E-state index in [0.717, 1.165) is 25.7 Å². The summed E-state index contributed by atoms with van der Waals surface area (Å²) in [5.74, 6) is 0. The molecule has 1 fully saturated rings. The van der Waals surface area contributed by atoms with Crippen molar-refractivity contribution in [2.24, 2.45) is 5.73 Å². The number of aliphatic hydroxyl groups excluding tert-OH is 1. The topological polar surface area (TPSA) is 49.5 Å². The lowest BCUT2D eigenvalue weighted by molar-refractivity contribution is -0.208. The van der Waals surface area contributed by atoms with Gasteiger partial charge >= 0.3 is 6.18 Å². The van der Waals surface area contributed by atoms with Crippen molar-refractivity contribution < 1.29 is 18.3 Å². The summed E-state index contributed by atoms with van der Waals surface area (Å²) in [4.78, 5) is 1.59. The van der Waals surface area contributed by atoms with E-state index in [1.807, 2.05) is 0 Å². The van der Waals surface area contributed by atoms with Crippen LogP contribution >= 0.6 is 0 Å². The maximum atomic E-state index is 12.1. The zero-order valence-corrected chi connectivity index (χ0v) is 9.37. The number of hydrogen-bond acceptors (Lipinski definition) is 3. The van der Waals surface area contributed by atoms with Gasteiger partial charge < -0.3 is 15.7 Å². The summed E-state index contributed by atoms with van der Waals surface area (Å²) in [5.41, 5.74) is 5.72. The molecule has 0 aromatic rings. The number of rotatable bonds is 3. The van der Waals surface area contributed by atoms with E-state index in [-0.39, 0.29) is 18.6 Å². The fraction of sp³-hybridized carbons (Fsp3) is 1.00. The molecular weight excluding hydrogens is 221 g/mol. The number of likely N-dealkylation sites (N-methyl/N-ethyl adjacent to an activating group) is 1. The lowest BCUT2D eigenvalue weighted by atomic mass is 9.91. The standard InChI is InChI=1S/C10H19F3N2O/c1-15(6-9(16)10(11,12)13)8-4-2-7(14)3-5-8/h7-9,16H,2-6,14H2,1H3. The summed E-state index contributed by atoms with van der Waals surface area (Å²) >= 11 is 0. The molecule has 0 bridgehead atoms. The highest BCUT2D eigenvalue weighted by Crippen LogP contribution is 2.24. The highest BCUT2D eigenvalue weighted by atomic mass is 19.4. The molecule has 1 aliphatic carbocycles. The summed E-state index contributed by atoms with van der Waals surface area (Å²) in [5, 5.41) is 8.95. The first-order valence-corrected chi connectivity index (χ1v) is 5.51. The third kappa shape index (κ3) is 3.92. The van der Waals surface area contributed by atoms with E-state index in [4.69, 9.17) is 10.8 Å². The minimum atomic E-state index is -4.53. The summed E-state index contributed by atoms with van der Waals surface area (Å²) in [6, 6.07) is 0.286. The van der Waals surface area contributed by atoms with Crippen molar-refractivity contribution in [2.45, 2.75) is 50.0 Å². The molecule has 6 heteroatoms. The SMILES string of the molecule is CN(CC(O)C(F)(F)F)C1CCC(N)CC1. The van der Waals surface area contributed by atoms with Crippen LogP contribution in [0.4, 0.5) is 13.2 Å². The van der Waals surface area contributed by atoms with Crippen molar-refractivity contribution in [1.29, 1.82) is 0 Å². The summed E-state index contributed by atoms with van der Waals surface area (Å²) in [6.45, 7) is -0.358. The molecule has 1 rings (SSSR count). The molecule has 16 heavy (non-hydrogen) atoms. The van der Waals surface area contributed by atoms with Crippen LogP contribution < -0.4 is 5.73 Å². The molecule has 3 nitrogen and oxygen atoms in total. The lowest BCUT2D eigenvalue weighted by Crippen LogP contribution is -2.45. The maximum Gasteiger partial charge on any atom is 0.415 e. The van der Waals surface area contributed by atoms with Crippen molar-refractivity contribution in [3.8, 4) is 0 Å². The van der Waals surface area contributed by atoms with Crippen LogP contribution in [-0.2, 0) is 0 Å². The van der Waals surface area contributed by atoms with Gasteiger partial charge in [-0.25, -0.2) is 0 Å². The van der Waals surface area contributed by atoms with Gasteiger partial charge in [-0.2, -0.15) is 13.2 Å². The minimum absolute atomic E-state index is 0.108. The highest BCUT2D eigenvalue weighted by Gasteiger charge is 2.39. The van der Waals surface area contributed by atoms with E-state index < -0.39 is 12.3 Å². The number of halogens is 3. The molecule has 0 radical (unpaired) electrons. The summed E-state index contributed by atoms with van der Waals surface area (Å²) < 4.78 is 36.4. The fourth-order valence-corrected chi connectivity index (χ4v) is 2.07. The van der Waals surface area contributed by atoms with Crippen LogP contribution in [0, 0.1) is 0 Å². The molecule has 1 unspecified atom stereocenters. The number of nitrogens with two attached hydrogens (primary N) is 1. The second-order valence-electron chi connectivity index (χ2n) is 4.57. The average molecular weight is 240 g/mol. The number of aliphatic hydroxyl groups is 1. The van der Waals surface area contributed by atoms with Crippen molar-refractivity contribution >= 4 is 0 Å². The van der Waals surface area contributed by atoms with Crippen LogP contribution in [0.25, 0.3) is 0 Å². The van der Waals surface area contributed by atoms with Crippen LogP contribution in [0.3, 0.4) is 0 Å². The van der Waals surface area contributed by atoms with E-state index in [1.54, 1.807) is 11.9 Å². The van der Waals surface area contributed by atoms with Gasteiger partial charge in [0.1, 0.15) is 0 Å². The van der Waals surface area contributed by atoms with Crippen molar-refractivity contribution in [3.05, 3.63) is 0 Å². The van der Waals surface area contributed by atoms with Gasteiger partial charge in [-0.15, -0.1) is 0 Å². The van der Waals surface area contributed by atoms with E-state index in [1.165, 1.54) is 0 Å². The van der Waals surface area contributed by atoms with Crippen LogP contribution in [0.1, 0.15) is 25.7 Å². The summed E-state index contributed by atoms with van der Waals surface area (Å²) in [7, 11) is 1.62. The molecular formula is C10H19F3N2O. The van der Waals surface area contributed by atoms with Gasteiger partial charge in [0, 0.05) is 18.6 Å². The first-order chi connectivity index (χ1) is 7.30. The van der Waals surface area contributed by atoms with Gasteiger partial charge in [0.2, 0.25) is 0 Å². The number of nitrogens with zero attached hydrogens (tertiary/aromatic N) is 1. The molecule has 1 atom stereocenters. The zero-order chi connectivity index (χ0) is 12.3. The van der Waals surface area contributed by atoms with Crippen LogP contribution in [0.5, 0.6) is 0 Å². The van der Waals surface area contributed by atoms with E-state index in [0.29, 0.717) is 0 Å². The molecule has 0 amide bonds. The minimum Gasteiger partial charge on any atom is -0.382 e. The Hall–Kier alpha value is -0.330. The third-order valence-corrected chi connectivity index (χ3v) is 3.20. The number of hydrogen-bond donors (Lipinski definition) is 2. The molecule has 0 spiro atoms. The normalized spacial score (nSPS) is 29.4. The predicted molar refractivity (Wildman–Crippen MR) is 54.9 cm³/mol. The lowest BCUT2D eigenvalue weighted by Gasteiger charge is -2.34. The van der Waals surface area contributed by atoms with Crippen molar-refractivity contribution in [3.63, 3.8) is 0 Å². The smallest absolute Gasteiger partial charge is 0.382 e. The molecule has 0 heterocycles. The zero-order valence-electron chi connectivity index (χ0n) is 9.37. The van der Waals surface area contributed by atoms with E-state index in [9.17, 15) is 13.2 Å². The van der Waals surface area contributed by atoms with Gasteiger partial charge in [-0.05, 0) is 32.7 Å². The molecule has 1 saturated carbocycles. The molecule has 0 aromatic heterocycles. The van der Waals surface area contributed by atoms with Gasteiger partial charge in [0.25, 0.3) is 0 Å². The molecule has 96 valence electrons. The molecule has 0 aromatic carbocycles. The first-order valence-electron chi connectivity index (χ1n) is 5.51. The Balaban J connectivity index is 2.37. The Morgan fingerprint density at radius 1 is 1.31 bits per heavy atom. The third-order valence-electron chi connectivity index (χ3n) is 3.20. The number of alkyl halides is 3. The molecule has 0 aliphatic heterocycles. The van der Waals surface area contributed by atoms with Crippen LogP contribution in [0.15, 0.2) is 0 Å². The largest absolute Gasteiger partial charge is 0.415 e. The second-order valence-corrected chi connectivity index (χ2v) is 4.57. The van der Waals surface area contributed by atoms with E-state index >= 15 is 0 Å². The van der Waals surface area contributed by atoms with Gasteiger partial charge in [-0.3, -0.25) is 0 Å². The highest BCUT2D eigenvalue weighted by molar-refractivity contribution is 4.81. The van der Waals surface area contributed by atoms with Gasteiger partial charge in [-0.1, -0.05) is 0 Å². The molecule has 0 saturated heterocycles. The van der Waals surface area contributed by atoms with Gasteiger partial charge in [0.05, 0.1) is 0 Å². The Labute approximate surface area is 93.4 Å². The fourth-order valence-electron chi connectivity index (χ4n) is 2.07. The van der Waals surface area contributed by atoms with Crippen molar-refractivity contribution in [2.75, 3.05) is 13.6 Å². The van der Waals surface area contributed by atoms with Gasteiger partial charge in [0.15, 0.2) is 6.10 Å². The Kier molecular flexibility index (Phi) is 4.58. The van der Waals surface area contributed by atoms with Crippen LogP contribution in [-0.4, -0.2) is 48.0 Å². The second kappa shape index (κ2) is 5.33. The Morgan fingerprint density at radius 2 is 1.81 bits per heavy atom. The molecule has 1 aliphatic rings. The Morgan fingerprint density at radius 3 is 2.25 bits per heavy atom. The molecule has 3 N–H and O–H groups in total. The first kappa shape index (κ1) is 13.7. The van der Waals surface area contributed by atoms with E-state index in [2.05, 4.69) is 0 Å². The Bertz CT molecular complexity index is 215. The maximum absolute atomic E-state index is 12.1. The quantitative estimate of drug-likeness (QED) is 0.777. The predicted octanol–water partition coefficient (Wildman–Crippen LogP) is 1.11. The van der Waals surface area contributed by atoms with Crippen LogP contribution in [0.2, 0.25) is 0 Å².